The Morgan fingerprint density at radius 1 is 1.39 bits per heavy atom. The average molecular weight is 263 g/mol. The molecule has 1 heterocycles. The molecule has 0 fully saturated rings. The van der Waals surface area contributed by atoms with Crippen LogP contribution in [0, 0.1) is 24.1 Å². The van der Waals surface area contributed by atoms with E-state index in [1.165, 1.54) is 12.1 Å². The second kappa shape index (κ2) is 4.63. The summed E-state index contributed by atoms with van der Waals surface area (Å²) in [6.07, 6.45) is 0. The topological polar surface area (TPSA) is 56.6 Å². The predicted molar refractivity (Wildman–Crippen MR) is 66.9 cm³/mol. The molecular weight excluding hydrogens is 255 g/mol. The molecule has 2 aromatic rings. The van der Waals surface area contributed by atoms with E-state index < -0.39 is 11.4 Å². The molecular formula is C13H8ClFN2O. The van der Waals surface area contributed by atoms with E-state index in [0.717, 1.165) is 0 Å². The minimum absolute atomic E-state index is 0.00109. The van der Waals surface area contributed by atoms with Crippen molar-refractivity contribution in [3.63, 3.8) is 0 Å². The molecule has 1 aromatic heterocycles. The van der Waals surface area contributed by atoms with Crippen molar-refractivity contribution in [1.29, 1.82) is 5.26 Å². The molecule has 0 aliphatic carbocycles. The van der Waals surface area contributed by atoms with Gasteiger partial charge >= 0.3 is 0 Å². The number of benzene rings is 1. The standard InChI is InChI=1S/C13H8ClFN2O/c1-7-4-9(10(6-16)13(18)17-7)8-2-3-11(14)12(15)5-8/h2-5H,1H3,(H,17,18). The van der Waals surface area contributed by atoms with E-state index in [2.05, 4.69) is 4.98 Å². The number of aromatic amines is 1. The number of rotatable bonds is 1. The molecule has 3 nitrogen and oxygen atoms in total. The first-order chi connectivity index (χ1) is 8.52. The quantitative estimate of drug-likeness (QED) is 0.859. The van der Waals surface area contributed by atoms with Crippen LogP contribution in [0.1, 0.15) is 11.3 Å². The summed E-state index contributed by atoms with van der Waals surface area (Å²) in [6, 6.07) is 7.62. The van der Waals surface area contributed by atoms with Gasteiger partial charge in [0.2, 0.25) is 0 Å². The van der Waals surface area contributed by atoms with Crippen LogP contribution in [-0.4, -0.2) is 4.98 Å². The lowest BCUT2D eigenvalue weighted by atomic mass is 10.0. The number of aromatic nitrogens is 1. The largest absolute Gasteiger partial charge is 0.325 e. The van der Waals surface area contributed by atoms with Gasteiger partial charge in [0.1, 0.15) is 17.4 Å². The fraction of sp³-hybridized carbons (Fsp3) is 0.0769. The highest BCUT2D eigenvalue weighted by atomic mass is 35.5. The van der Waals surface area contributed by atoms with Crippen molar-refractivity contribution < 1.29 is 4.39 Å². The number of hydrogen-bond donors (Lipinski definition) is 1. The Labute approximate surface area is 107 Å². The highest BCUT2D eigenvalue weighted by Gasteiger charge is 2.11. The summed E-state index contributed by atoms with van der Waals surface area (Å²) in [5.74, 6) is -0.587. The summed E-state index contributed by atoms with van der Waals surface area (Å²) >= 11 is 5.60. The highest BCUT2D eigenvalue weighted by molar-refractivity contribution is 6.30. The highest BCUT2D eigenvalue weighted by Crippen LogP contribution is 2.25. The zero-order chi connectivity index (χ0) is 13.3. The van der Waals surface area contributed by atoms with Crippen molar-refractivity contribution in [2.24, 2.45) is 0 Å². The number of H-pyrrole nitrogens is 1. The number of aryl methyl sites for hydroxylation is 1. The maximum Gasteiger partial charge on any atom is 0.266 e. The second-order valence-corrected chi connectivity index (χ2v) is 4.22. The number of hydrogen-bond acceptors (Lipinski definition) is 2. The van der Waals surface area contributed by atoms with Gasteiger partial charge in [0.15, 0.2) is 0 Å². The summed E-state index contributed by atoms with van der Waals surface area (Å²) in [5, 5.41) is 8.98. The van der Waals surface area contributed by atoms with E-state index in [1.54, 1.807) is 19.1 Å². The lowest BCUT2D eigenvalue weighted by Gasteiger charge is -2.06. The molecule has 0 atom stereocenters. The normalized spacial score (nSPS) is 10.1. The molecule has 0 radical (unpaired) electrons. The van der Waals surface area contributed by atoms with Gasteiger partial charge in [0, 0.05) is 11.3 Å². The van der Waals surface area contributed by atoms with Crippen LogP contribution in [0.15, 0.2) is 29.1 Å². The van der Waals surface area contributed by atoms with Gasteiger partial charge in [-0.15, -0.1) is 0 Å². The van der Waals surface area contributed by atoms with Gasteiger partial charge in [-0.1, -0.05) is 17.7 Å². The van der Waals surface area contributed by atoms with E-state index in [-0.39, 0.29) is 10.6 Å². The van der Waals surface area contributed by atoms with Crippen molar-refractivity contribution in [3.8, 4) is 17.2 Å². The molecule has 2 rings (SSSR count). The predicted octanol–water partition coefficient (Wildman–Crippen LogP) is 3.01. The van der Waals surface area contributed by atoms with Crippen LogP contribution in [0.4, 0.5) is 4.39 Å². The van der Waals surface area contributed by atoms with Gasteiger partial charge in [-0.2, -0.15) is 5.26 Å². The Bertz CT molecular complexity index is 716. The molecule has 5 heteroatoms. The molecule has 0 spiro atoms. The van der Waals surface area contributed by atoms with Crippen LogP contribution in [0.25, 0.3) is 11.1 Å². The Balaban J connectivity index is 2.75. The zero-order valence-electron chi connectivity index (χ0n) is 9.42. The molecule has 0 bridgehead atoms. The fourth-order valence-electron chi connectivity index (χ4n) is 1.69. The number of nitriles is 1. The molecule has 1 N–H and O–H groups in total. The van der Waals surface area contributed by atoms with Crippen LogP contribution < -0.4 is 5.56 Å². The Morgan fingerprint density at radius 2 is 2.11 bits per heavy atom. The number of halogens is 2. The Kier molecular flexibility index (Phi) is 3.17. The lowest BCUT2D eigenvalue weighted by molar-refractivity contribution is 0.629. The Hall–Kier alpha value is -2.12. The maximum absolute atomic E-state index is 13.4. The van der Waals surface area contributed by atoms with Gasteiger partial charge in [0.25, 0.3) is 5.56 Å². The van der Waals surface area contributed by atoms with Crippen LogP contribution in [0.5, 0.6) is 0 Å². The van der Waals surface area contributed by atoms with Crippen molar-refractivity contribution in [1.82, 2.24) is 4.98 Å². The molecule has 1 aromatic carbocycles. The third kappa shape index (κ3) is 2.13. The summed E-state index contributed by atoms with van der Waals surface area (Å²) in [6.45, 7) is 1.69. The van der Waals surface area contributed by atoms with Crippen molar-refractivity contribution in [2.75, 3.05) is 0 Å². The Morgan fingerprint density at radius 3 is 2.72 bits per heavy atom. The third-order valence-corrected chi connectivity index (χ3v) is 2.82. The lowest BCUT2D eigenvalue weighted by Crippen LogP contribution is -2.12. The van der Waals surface area contributed by atoms with Crippen LogP contribution in [-0.2, 0) is 0 Å². The van der Waals surface area contributed by atoms with Gasteiger partial charge in [0.05, 0.1) is 5.02 Å². The molecule has 0 unspecified atom stereocenters. The van der Waals surface area contributed by atoms with Crippen molar-refractivity contribution in [3.05, 3.63) is 56.7 Å². The molecule has 0 aliphatic rings. The SMILES string of the molecule is Cc1cc(-c2ccc(Cl)c(F)c2)c(C#N)c(=O)[nH]1. The van der Waals surface area contributed by atoms with Crippen molar-refractivity contribution in [2.45, 2.75) is 6.92 Å². The van der Waals surface area contributed by atoms with E-state index in [1.807, 2.05) is 6.07 Å². The number of nitrogens with zero attached hydrogens (tertiary/aromatic N) is 1. The minimum atomic E-state index is -0.587. The maximum atomic E-state index is 13.4. The van der Waals surface area contributed by atoms with Crippen LogP contribution in [0.2, 0.25) is 5.02 Å². The van der Waals surface area contributed by atoms with E-state index in [9.17, 15) is 9.18 Å². The monoisotopic (exact) mass is 262 g/mol. The first-order valence-electron chi connectivity index (χ1n) is 5.12. The second-order valence-electron chi connectivity index (χ2n) is 3.81. The summed E-state index contributed by atoms with van der Waals surface area (Å²) < 4.78 is 13.4. The van der Waals surface area contributed by atoms with Gasteiger partial charge in [-0.3, -0.25) is 4.79 Å². The number of pyridine rings is 1. The zero-order valence-corrected chi connectivity index (χ0v) is 10.2. The average Bonchev–Trinajstić information content (AvgIpc) is 2.32. The molecule has 0 aliphatic heterocycles. The fourth-order valence-corrected chi connectivity index (χ4v) is 1.81. The third-order valence-electron chi connectivity index (χ3n) is 2.51. The van der Waals surface area contributed by atoms with E-state index in [4.69, 9.17) is 16.9 Å². The van der Waals surface area contributed by atoms with Gasteiger partial charge in [-0.05, 0) is 30.7 Å². The molecule has 0 saturated carbocycles. The molecule has 18 heavy (non-hydrogen) atoms. The van der Waals surface area contributed by atoms with E-state index >= 15 is 0 Å². The van der Waals surface area contributed by atoms with Crippen molar-refractivity contribution >= 4 is 11.6 Å². The number of nitrogens with one attached hydrogen (secondary N) is 1. The van der Waals surface area contributed by atoms with Crippen LogP contribution >= 0.6 is 11.6 Å². The smallest absolute Gasteiger partial charge is 0.266 e. The first kappa shape index (κ1) is 12.3. The first-order valence-corrected chi connectivity index (χ1v) is 5.50. The van der Waals surface area contributed by atoms with Gasteiger partial charge in [-0.25, -0.2) is 4.39 Å². The molecule has 0 saturated heterocycles. The molecule has 90 valence electrons. The minimum Gasteiger partial charge on any atom is -0.325 e. The van der Waals surface area contributed by atoms with E-state index in [0.29, 0.717) is 16.8 Å². The van der Waals surface area contributed by atoms with Gasteiger partial charge < -0.3 is 4.98 Å². The van der Waals surface area contributed by atoms with Crippen LogP contribution in [0.3, 0.4) is 0 Å². The summed E-state index contributed by atoms with van der Waals surface area (Å²) in [4.78, 5) is 14.1. The summed E-state index contributed by atoms with van der Waals surface area (Å²) in [5.41, 5.74) is 0.923. The molecule has 0 amide bonds. The summed E-state index contributed by atoms with van der Waals surface area (Å²) in [7, 11) is 0.